The molecule has 3 rings (SSSR count). The van der Waals surface area contributed by atoms with E-state index in [4.69, 9.17) is 4.74 Å². The summed E-state index contributed by atoms with van der Waals surface area (Å²) in [6, 6.07) is 11.7. The largest absolute Gasteiger partial charge is 0.466 e. The zero-order valence-corrected chi connectivity index (χ0v) is 21.9. The minimum absolute atomic E-state index is 0.0936. The molecule has 10 heteroatoms. The Labute approximate surface area is 225 Å². The molecule has 39 heavy (non-hydrogen) atoms. The first kappa shape index (κ1) is 29.2. The van der Waals surface area contributed by atoms with Crippen LogP contribution in [0, 0.1) is 11.6 Å². The van der Waals surface area contributed by atoms with Crippen molar-refractivity contribution in [2.24, 2.45) is 0 Å². The van der Waals surface area contributed by atoms with Gasteiger partial charge in [0, 0.05) is 12.0 Å². The Kier molecular flexibility index (Phi) is 10.5. The van der Waals surface area contributed by atoms with E-state index in [1.54, 1.807) is 54.1 Å². The van der Waals surface area contributed by atoms with Crippen LogP contribution >= 0.6 is 0 Å². The molecule has 0 aliphatic heterocycles. The van der Waals surface area contributed by atoms with Gasteiger partial charge in [0.05, 0.1) is 18.8 Å². The second kappa shape index (κ2) is 14.0. The molecule has 0 radical (unpaired) electrons. The number of ketones is 1. The average molecular weight is 537 g/mol. The van der Waals surface area contributed by atoms with Gasteiger partial charge in [0.1, 0.15) is 23.8 Å². The van der Waals surface area contributed by atoms with Gasteiger partial charge in [-0.05, 0) is 72.2 Å². The summed E-state index contributed by atoms with van der Waals surface area (Å²) in [4.78, 5) is 23.5. The normalized spacial score (nSPS) is 12.3. The number of rotatable bonds is 12. The Balaban J connectivity index is 2.03. The van der Waals surface area contributed by atoms with Crippen molar-refractivity contribution in [3.8, 4) is 0 Å². The van der Waals surface area contributed by atoms with Crippen molar-refractivity contribution < 1.29 is 28.2 Å². The van der Waals surface area contributed by atoms with E-state index in [0.29, 0.717) is 28.1 Å². The van der Waals surface area contributed by atoms with Crippen LogP contribution in [0.2, 0.25) is 0 Å². The number of aromatic nitrogens is 4. The van der Waals surface area contributed by atoms with Crippen LogP contribution in [0.4, 0.5) is 8.78 Å². The van der Waals surface area contributed by atoms with Gasteiger partial charge in [-0.15, -0.1) is 5.10 Å². The Morgan fingerprint density at radius 1 is 1.00 bits per heavy atom. The van der Waals surface area contributed by atoms with E-state index in [0.717, 1.165) is 0 Å². The lowest BCUT2D eigenvalue weighted by atomic mass is 9.92. The predicted octanol–water partition coefficient (Wildman–Crippen LogP) is 4.88. The number of benzene rings is 2. The molecule has 0 spiro atoms. The maximum absolute atomic E-state index is 13.8. The quantitative estimate of drug-likeness (QED) is 0.200. The topological polar surface area (TPSA) is 107 Å². The number of carbonyl (C=O) groups excluding carboxylic acids is 2. The molecule has 0 saturated heterocycles. The van der Waals surface area contributed by atoms with Crippen molar-refractivity contribution in [3.05, 3.63) is 101 Å². The molecule has 3 aromatic rings. The van der Waals surface area contributed by atoms with Crippen LogP contribution in [-0.4, -0.2) is 49.8 Å². The van der Waals surface area contributed by atoms with Crippen LogP contribution < -0.4 is 0 Å². The van der Waals surface area contributed by atoms with Crippen LogP contribution in [0.3, 0.4) is 0 Å². The number of nitrogens with zero attached hydrogens (tertiary/aromatic N) is 4. The number of halogens is 2. The van der Waals surface area contributed by atoms with Crippen LogP contribution in [0.15, 0.2) is 72.8 Å². The molecule has 1 heterocycles. The molecule has 0 bridgehead atoms. The Morgan fingerprint density at radius 2 is 1.59 bits per heavy atom. The van der Waals surface area contributed by atoms with Crippen molar-refractivity contribution in [1.29, 1.82) is 0 Å². The lowest BCUT2D eigenvalue weighted by Crippen LogP contribution is -2.16. The number of hydrogen-bond acceptors (Lipinski definition) is 7. The number of aliphatic hydroxyl groups is 1. The summed E-state index contributed by atoms with van der Waals surface area (Å²) in [6.07, 6.45) is 4.57. The summed E-state index contributed by atoms with van der Waals surface area (Å²) >= 11 is 0. The van der Waals surface area contributed by atoms with E-state index in [9.17, 15) is 23.5 Å². The van der Waals surface area contributed by atoms with Crippen LogP contribution in [0.5, 0.6) is 0 Å². The lowest BCUT2D eigenvalue weighted by Gasteiger charge is -2.15. The lowest BCUT2D eigenvalue weighted by molar-refractivity contribution is -0.145. The maximum atomic E-state index is 13.8. The minimum atomic E-state index is -1.11. The number of ether oxygens (including phenoxy) is 1. The van der Waals surface area contributed by atoms with Crippen LogP contribution in [0.25, 0.3) is 11.1 Å². The fraction of sp³-hybridized carbons (Fsp3) is 0.276. The highest BCUT2D eigenvalue weighted by Crippen LogP contribution is 2.33. The van der Waals surface area contributed by atoms with E-state index in [-0.39, 0.29) is 19.1 Å². The molecule has 0 fully saturated rings. The summed E-state index contributed by atoms with van der Waals surface area (Å²) in [6.45, 7) is 5.65. The number of allylic oxidation sites excluding steroid dienone is 4. The number of aliphatic hydroxyl groups excluding tert-OH is 1. The van der Waals surface area contributed by atoms with Gasteiger partial charge in [0.2, 0.25) is 0 Å². The fourth-order valence-electron chi connectivity index (χ4n) is 3.79. The molecule has 0 amide bonds. The fourth-order valence-corrected chi connectivity index (χ4v) is 3.79. The van der Waals surface area contributed by atoms with Crippen molar-refractivity contribution in [1.82, 2.24) is 20.2 Å². The number of carbonyl (C=O) groups is 2. The number of hydrogen-bond donors (Lipinski definition) is 1. The van der Waals surface area contributed by atoms with Crippen molar-refractivity contribution in [2.75, 3.05) is 6.61 Å². The zero-order chi connectivity index (χ0) is 28.4. The SMILES string of the molecule is CCOC(=O)CC(=O)CC(O)/C=C/C=C/C(=C(c1ccc(F)cc1)c1ccc(F)cc1)c1nnnn1C(C)C. The number of esters is 1. The van der Waals surface area contributed by atoms with Crippen molar-refractivity contribution in [3.63, 3.8) is 0 Å². The van der Waals surface area contributed by atoms with Gasteiger partial charge < -0.3 is 9.84 Å². The molecule has 0 saturated carbocycles. The summed E-state index contributed by atoms with van der Waals surface area (Å²) in [7, 11) is 0. The molecule has 1 atom stereocenters. The molecule has 204 valence electrons. The molecular weight excluding hydrogens is 506 g/mol. The monoisotopic (exact) mass is 536 g/mol. The highest BCUT2D eigenvalue weighted by molar-refractivity contribution is 6.01. The van der Waals surface area contributed by atoms with Gasteiger partial charge in [0.15, 0.2) is 5.82 Å². The number of tetrazole rings is 1. The second-order valence-electron chi connectivity index (χ2n) is 8.88. The molecule has 1 N–H and O–H groups in total. The minimum Gasteiger partial charge on any atom is -0.466 e. The summed E-state index contributed by atoms with van der Waals surface area (Å²) in [5.74, 6) is -1.47. The van der Waals surface area contributed by atoms with Gasteiger partial charge in [-0.1, -0.05) is 48.6 Å². The first-order valence-electron chi connectivity index (χ1n) is 12.4. The highest BCUT2D eigenvalue weighted by atomic mass is 19.1. The van der Waals surface area contributed by atoms with Gasteiger partial charge in [-0.2, -0.15) is 0 Å². The van der Waals surface area contributed by atoms with Gasteiger partial charge in [-0.25, -0.2) is 13.5 Å². The van der Waals surface area contributed by atoms with E-state index in [1.165, 1.54) is 30.3 Å². The number of Topliss-reactive ketones (excluding diaryl/α,β-unsaturated/α-hetero) is 1. The molecule has 8 nitrogen and oxygen atoms in total. The Bertz CT molecular complexity index is 1310. The molecule has 1 aromatic heterocycles. The summed E-state index contributed by atoms with van der Waals surface area (Å²) in [5, 5.41) is 22.4. The molecule has 0 aliphatic rings. The molecular formula is C29H30F2N4O4. The Morgan fingerprint density at radius 3 is 2.13 bits per heavy atom. The van der Waals surface area contributed by atoms with E-state index < -0.39 is 35.9 Å². The highest BCUT2D eigenvalue weighted by Gasteiger charge is 2.19. The van der Waals surface area contributed by atoms with Crippen LogP contribution in [0.1, 0.15) is 56.6 Å². The average Bonchev–Trinajstić information content (AvgIpc) is 3.38. The van der Waals surface area contributed by atoms with Gasteiger partial charge in [0.25, 0.3) is 0 Å². The van der Waals surface area contributed by atoms with E-state index in [1.807, 2.05) is 13.8 Å². The van der Waals surface area contributed by atoms with Gasteiger partial charge >= 0.3 is 5.97 Å². The van der Waals surface area contributed by atoms with Crippen molar-refractivity contribution in [2.45, 2.75) is 45.8 Å². The molecule has 1 unspecified atom stereocenters. The second-order valence-corrected chi connectivity index (χ2v) is 8.88. The standard InChI is InChI=1S/C29H30F2N4O4/c1-4-39-27(38)18-25(37)17-24(36)7-5-6-8-26(29-32-33-34-35(29)19(2)3)28(20-9-13-22(30)14-10-20)21-11-15-23(31)16-12-21/h5-16,19,24,36H,4,17-18H2,1-3H3/b7-5+,8-6+. The zero-order valence-electron chi connectivity index (χ0n) is 21.9. The predicted molar refractivity (Wildman–Crippen MR) is 142 cm³/mol. The van der Waals surface area contributed by atoms with E-state index >= 15 is 0 Å². The third kappa shape index (κ3) is 8.34. The summed E-state index contributed by atoms with van der Waals surface area (Å²) in [5.41, 5.74) is 2.48. The third-order valence-corrected chi connectivity index (χ3v) is 5.55. The van der Waals surface area contributed by atoms with Crippen LogP contribution in [-0.2, 0) is 14.3 Å². The van der Waals surface area contributed by atoms with Gasteiger partial charge in [-0.3, -0.25) is 9.59 Å². The third-order valence-electron chi connectivity index (χ3n) is 5.55. The van der Waals surface area contributed by atoms with E-state index in [2.05, 4.69) is 15.5 Å². The molecule has 0 aliphatic carbocycles. The first-order chi connectivity index (χ1) is 18.7. The Hall–Kier alpha value is -4.31. The van der Waals surface area contributed by atoms with Crippen molar-refractivity contribution >= 4 is 22.9 Å². The first-order valence-corrected chi connectivity index (χ1v) is 12.4. The molecule has 2 aromatic carbocycles. The maximum Gasteiger partial charge on any atom is 0.313 e. The smallest absolute Gasteiger partial charge is 0.313 e. The summed E-state index contributed by atoms with van der Waals surface area (Å²) < 4.78 is 33.9.